The van der Waals surface area contributed by atoms with Crippen molar-refractivity contribution in [3.63, 3.8) is 0 Å². The number of aromatic nitrogens is 1. The lowest BCUT2D eigenvalue weighted by Crippen LogP contribution is -2.29. The van der Waals surface area contributed by atoms with E-state index < -0.39 is 17.7 Å². The summed E-state index contributed by atoms with van der Waals surface area (Å²) < 4.78 is 10.9. The molecule has 7 nitrogen and oxygen atoms in total. The van der Waals surface area contributed by atoms with Gasteiger partial charge in [0.25, 0.3) is 11.7 Å². The normalized spacial score (nSPS) is 17.3. The van der Waals surface area contributed by atoms with Crippen LogP contribution in [0, 0.1) is 0 Å². The summed E-state index contributed by atoms with van der Waals surface area (Å²) in [6.07, 6.45) is 3.20. The second kappa shape index (κ2) is 9.56. The van der Waals surface area contributed by atoms with Crippen LogP contribution in [0.25, 0.3) is 5.76 Å². The zero-order chi connectivity index (χ0) is 23.4. The largest absolute Gasteiger partial charge is 0.507 e. The third-order valence-corrected chi connectivity index (χ3v) is 5.31. The van der Waals surface area contributed by atoms with Crippen LogP contribution in [-0.2, 0) is 9.59 Å². The first kappa shape index (κ1) is 22.1. The predicted molar refractivity (Wildman–Crippen MR) is 124 cm³/mol. The van der Waals surface area contributed by atoms with E-state index in [2.05, 4.69) is 4.98 Å². The van der Waals surface area contributed by atoms with Gasteiger partial charge >= 0.3 is 0 Å². The smallest absolute Gasteiger partial charge is 0.300 e. The molecule has 0 aliphatic carbocycles. The van der Waals surface area contributed by atoms with Gasteiger partial charge in [-0.05, 0) is 74.0 Å². The van der Waals surface area contributed by atoms with Crippen LogP contribution in [-0.4, -0.2) is 35.0 Å². The fraction of sp³-hybridized carbons (Fsp3) is 0.192. The molecule has 0 spiro atoms. The van der Waals surface area contributed by atoms with Crippen molar-refractivity contribution in [2.45, 2.75) is 19.9 Å². The average Bonchev–Trinajstić information content (AvgIpc) is 3.11. The molecule has 2 aromatic carbocycles. The van der Waals surface area contributed by atoms with Crippen molar-refractivity contribution in [3.8, 4) is 11.5 Å². The van der Waals surface area contributed by atoms with E-state index in [-0.39, 0.29) is 11.3 Å². The summed E-state index contributed by atoms with van der Waals surface area (Å²) in [4.78, 5) is 31.8. The molecule has 0 saturated carbocycles. The van der Waals surface area contributed by atoms with Crippen LogP contribution in [0.4, 0.5) is 5.69 Å². The maximum atomic E-state index is 13.1. The topological polar surface area (TPSA) is 89.0 Å². The number of anilines is 1. The summed E-state index contributed by atoms with van der Waals surface area (Å²) in [5, 5.41) is 11.1. The highest BCUT2D eigenvalue weighted by molar-refractivity contribution is 6.51. The first-order valence-corrected chi connectivity index (χ1v) is 10.7. The van der Waals surface area contributed by atoms with Gasteiger partial charge in [-0.15, -0.1) is 0 Å². The van der Waals surface area contributed by atoms with Gasteiger partial charge in [0.1, 0.15) is 17.3 Å². The predicted octanol–water partition coefficient (Wildman–Crippen LogP) is 4.51. The lowest BCUT2D eigenvalue weighted by atomic mass is 9.96. The van der Waals surface area contributed by atoms with Gasteiger partial charge in [-0.3, -0.25) is 19.5 Å². The molecule has 168 valence electrons. The molecule has 3 aromatic rings. The first-order valence-electron chi connectivity index (χ1n) is 10.7. The Kier molecular flexibility index (Phi) is 6.40. The quantitative estimate of drug-likeness (QED) is 0.328. The number of benzene rings is 2. The van der Waals surface area contributed by atoms with Crippen molar-refractivity contribution in [2.24, 2.45) is 0 Å². The molecule has 1 aliphatic rings. The molecular formula is C26H24N2O5. The third kappa shape index (κ3) is 4.30. The summed E-state index contributed by atoms with van der Waals surface area (Å²) >= 11 is 0. The van der Waals surface area contributed by atoms with Crippen LogP contribution < -0.4 is 14.4 Å². The minimum atomic E-state index is -0.830. The molecular weight excluding hydrogens is 420 g/mol. The zero-order valence-corrected chi connectivity index (χ0v) is 18.4. The second-order valence-corrected chi connectivity index (χ2v) is 7.34. The van der Waals surface area contributed by atoms with E-state index in [1.807, 2.05) is 13.8 Å². The van der Waals surface area contributed by atoms with Crippen LogP contribution in [0.15, 0.2) is 78.6 Å². The number of carbonyl (C=O) groups is 2. The van der Waals surface area contributed by atoms with Gasteiger partial charge in [0.2, 0.25) is 0 Å². The second-order valence-electron chi connectivity index (χ2n) is 7.34. The van der Waals surface area contributed by atoms with Crippen molar-refractivity contribution < 1.29 is 24.2 Å². The maximum Gasteiger partial charge on any atom is 0.300 e. The van der Waals surface area contributed by atoms with Gasteiger partial charge < -0.3 is 14.6 Å². The Morgan fingerprint density at radius 1 is 0.939 bits per heavy atom. The molecule has 1 saturated heterocycles. The number of amides is 1. The van der Waals surface area contributed by atoms with E-state index >= 15 is 0 Å². The van der Waals surface area contributed by atoms with E-state index in [1.54, 1.807) is 73.1 Å². The van der Waals surface area contributed by atoms with Crippen LogP contribution in [0.1, 0.15) is 31.0 Å². The van der Waals surface area contributed by atoms with Gasteiger partial charge in [0, 0.05) is 23.6 Å². The molecule has 1 unspecified atom stereocenters. The number of ether oxygens (including phenoxy) is 2. The molecule has 1 atom stereocenters. The zero-order valence-electron chi connectivity index (χ0n) is 18.4. The van der Waals surface area contributed by atoms with Crippen molar-refractivity contribution >= 4 is 23.1 Å². The highest BCUT2D eigenvalue weighted by Gasteiger charge is 2.47. The molecule has 1 fully saturated rings. The third-order valence-electron chi connectivity index (χ3n) is 5.31. The number of carbonyl (C=O) groups excluding carboxylic acids is 2. The highest BCUT2D eigenvalue weighted by Crippen LogP contribution is 2.42. The molecule has 1 aliphatic heterocycles. The monoisotopic (exact) mass is 444 g/mol. The summed E-state index contributed by atoms with van der Waals surface area (Å²) in [5.74, 6) is -0.429. The number of Topliss-reactive ketones (excluding diaryl/α,β-unsaturated/α-hetero) is 1. The van der Waals surface area contributed by atoms with Gasteiger partial charge in [0.05, 0.1) is 24.8 Å². The van der Waals surface area contributed by atoms with Gasteiger partial charge in [-0.1, -0.05) is 6.07 Å². The Bertz CT molecular complexity index is 1170. The fourth-order valence-electron chi connectivity index (χ4n) is 3.85. The number of hydrogen-bond donors (Lipinski definition) is 1. The molecule has 1 N–H and O–H groups in total. The molecule has 1 aromatic heterocycles. The van der Waals surface area contributed by atoms with E-state index in [9.17, 15) is 14.7 Å². The number of aliphatic hydroxyl groups is 1. The van der Waals surface area contributed by atoms with Gasteiger partial charge in [-0.25, -0.2) is 0 Å². The molecule has 4 rings (SSSR count). The number of pyridine rings is 1. The number of nitrogens with zero attached hydrogens (tertiary/aromatic N) is 2. The van der Waals surface area contributed by atoms with Crippen LogP contribution in [0.5, 0.6) is 11.5 Å². The number of rotatable bonds is 7. The Balaban J connectivity index is 1.83. The van der Waals surface area contributed by atoms with Crippen LogP contribution >= 0.6 is 0 Å². The van der Waals surface area contributed by atoms with Crippen molar-refractivity contribution in [1.82, 2.24) is 4.98 Å². The minimum absolute atomic E-state index is 0.00560. The maximum absolute atomic E-state index is 13.1. The summed E-state index contributed by atoms with van der Waals surface area (Å²) in [6, 6.07) is 16.3. The fourth-order valence-corrected chi connectivity index (χ4v) is 3.85. The Morgan fingerprint density at radius 3 is 2.09 bits per heavy atom. The number of hydrogen-bond acceptors (Lipinski definition) is 6. The number of aliphatic hydroxyl groups excluding tert-OH is 1. The lowest BCUT2D eigenvalue weighted by Gasteiger charge is -2.25. The molecule has 7 heteroatoms. The molecule has 33 heavy (non-hydrogen) atoms. The van der Waals surface area contributed by atoms with E-state index in [0.717, 1.165) is 0 Å². The summed E-state index contributed by atoms with van der Waals surface area (Å²) in [6.45, 7) is 4.79. The van der Waals surface area contributed by atoms with Crippen molar-refractivity contribution in [3.05, 3.63) is 89.8 Å². The Labute approximate surface area is 191 Å². The van der Waals surface area contributed by atoms with Gasteiger partial charge in [-0.2, -0.15) is 0 Å². The van der Waals surface area contributed by atoms with E-state index in [4.69, 9.17) is 9.47 Å². The first-order chi connectivity index (χ1) is 16.0. The number of ketones is 1. The molecule has 2 heterocycles. The van der Waals surface area contributed by atoms with Crippen molar-refractivity contribution in [1.29, 1.82) is 0 Å². The Hall–Kier alpha value is -4.13. The Morgan fingerprint density at radius 2 is 1.55 bits per heavy atom. The van der Waals surface area contributed by atoms with E-state index in [1.165, 1.54) is 4.90 Å². The highest BCUT2D eigenvalue weighted by atomic mass is 16.5. The molecule has 0 bridgehead atoms. The average molecular weight is 444 g/mol. The van der Waals surface area contributed by atoms with Gasteiger partial charge in [0.15, 0.2) is 0 Å². The minimum Gasteiger partial charge on any atom is -0.507 e. The van der Waals surface area contributed by atoms with E-state index in [0.29, 0.717) is 41.5 Å². The van der Waals surface area contributed by atoms with Crippen molar-refractivity contribution in [2.75, 3.05) is 18.1 Å². The lowest BCUT2D eigenvalue weighted by molar-refractivity contribution is -0.132. The standard InChI is InChI=1S/C26H24N2O5/c1-3-32-20-11-7-17(8-12-20)24(29)22-23(18-6-5-15-27-16-18)28(26(31)25(22)30)19-9-13-21(14-10-19)33-4-2/h5-16,23,29H,3-4H2,1-2H3/b24-22-. The molecule has 0 radical (unpaired) electrons. The SMILES string of the molecule is CCOc1ccc(/C(O)=C2/C(=O)C(=O)N(c3ccc(OCC)cc3)C2c2cccnc2)cc1. The van der Waals surface area contributed by atoms with Crippen LogP contribution in [0.3, 0.4) is 0 Å². The summed E-state index contributed by atoms with van der Waals surface area (Å²) in [7, 11) is 0. The summed E-state index contributed by atoms with van der Waals surface area (Å²) in [5.41, 5.74) is 1.54. The van der Waals surface area contributed by atoms with Crippen LogP contribution in [0.2, 0.25) is 0 Å². The molecule has 1 amide bonds.